The van der Waals surface area contributed by atoms with Crippen LogP contribution in [0.3, 0.4) is 0 Å². The monoisotopic (exact) mass is 362 g/mol. The minimum absolute atomic E-state index is 0.137. The van der Waals surface area contributed by atoms with Crippen LogP contribution in [0, 0.1) is 0 Å². The molecule has 25 heavy (non-hydrogen) atoms. The van der Waals surface area contributed by atoms with Crippen molar-refractivity contribution in [1.82, 2.24) is 10.6 Å². The summed E-state index contributed by atoms with van der Waals surface area (Å²) in [6.07, 6.45) is 0. The van der Waals surface area contributed by atoms with Gasteiger partial charge < -0.3 is 20.1 Å². The molecule has 0 aromatic heterocycles. The average Bonchev–Trinajstić information content (AvgIpc) is 2.61. The van der Waals surface area contributed by atoms with E-state index in [1.807, 2.05) is 38.1 Å². The maximum atomic E-state index is 12.3. The van der Waals surface area contributed by atoms with E-state index in [4.69, 9.17) is 21.1 Å². The van der Waals surface area contributed by atoms with Gasteiger partial charge in [-0.05, 0) is 43.7 Å². The molecule has 0 saturated carbocycles. The number of hydrogen-bond donors (Lipinski definition) is 2. The molecule has 0 saturated heterocycles. The lowest BCUT2D eigenvalue weighted by Crippen LogP contribution is -2.38. The van der Waals surface area contributed by atoms with Gasteiger partial charge in [-0.2, -0.15) is 0 Å². The summed E-state index contributed by atoms with van der Waals surface area (Å²) < 4.78 is 10.6. The smallest absolute Gasteiger partial charge is 0.315 e. The number of amides is 2. The predicted octanol–water partition coefficient (Wildman–Crippen LogP) is 4.48. The van der Waals surface area contributed by atoms with Crippen molar-refractivity contribution in [2.75, 3.05) is 14.2 Å². The summed E-state index contributed by atoms with van der Waals surface area (Å²) in [6.45, 7) is 3.82. The van der Waals surface area contributed by atoms with Crippen LogP contribution in [0.2, 0.25) is 5.02 Å². The van der Waals surface area contributed by atoms with Gasteiger partial charge in [-0.3, -0.25) is 0 Å². The number of urea groups is 1. The van der Waals surface area contributed by atoms with Crippen molar-refractivity contribution in [3.8, 4) is 11.5 Å². The summed E-state index contributed by atoms with van der Waals surface area (Å²) in [7, 11) is 3.19. The number of hydrogen-bond acceptors (Lipinski definition) is 3. The van der Waals surface area contributed by atoms with Gasteiger partial charge in [0.15, 0.2) is 0 Å². The highest BCUT2D eigenvalue weighted by Crippen LogP contribution is 2.29. The number of benzene rings is 2. The minimum Gasteiger partial charge on any atom is -0.497 e. The molecule has 2 unspecified atom stereocenters. The Hall–Kier alpha value is -2.40. The molecule has 2 amide bonds. The second-order valence-corrected chi connectivity index (χ2v) is 6.16. The first-order valence-electron chi connectivity index (χ1n) is 7.99. The van der Waals surface area contributed by atoms with E-state index in [0.717, 1.165) is 11.1 Å². The Morgan fingerprint density at radius 2 is 1.60 bits per heavy atom. The summed E-state index contributed by atoms with van der Waals surface area (Å²) in [4.78, 5) is 12.3. The third kappa shape index (κ3) is 5.03. The zero-order valence-electron chi connectivity index (χ0n) is 14.8. The van der Waals surface area contributed by atoms with Gasteiger partial charge in [0.25, 0.3) is 0 Å². The second-order valence-electron chi connectivity index (χ2n) is 5.72. The third-order valence-electron chi connectivity index (χ3n) is 3.97. The van der Waals surface area contributed by atoms with E-state index in [-0.39, 0.29) is 18.1 Å². The normalized spacial score (nSPS) is 12.8. The van der Waals surface area contributed by atoms with Gasteiger partial charge in [0.05, 0.1) is 26.3 Å². The Morgan fingerprint density at radius 1 is 0.960 bits per heavy atom. The van der Waals surface area contributed by atoms with Crippen molar-refractivity contribution in [2.24, 2.45) is 0 Å². The highest BCUT2D eigenvalue weighted by molar-refractivity contribution is 6.30. The molecule has 0 fully saturated rings. The molecule has 0 spiro atoms. The molecule has 5 nitrogen and oxygen atoms in total. The lowest BCUT2D eigenvalue weighted by molar-refractivity contribution is 0.234. The maximum absolute atomic E-state index is 12.3. The average molecular weight is 363 g/mol. The minimum atomic E-state index is -0.257. The van der Waals surface area contributed by atoms with Gasteiger partial charge in [0.1, 0.15) is 11.5 Å². The molecule has 0 bridgehead atoms. The van der Waals surface area contributed by atoms with Gasteiger partial charge in [-0.25, -0.2) is 4.79 Å². The van der Waals surface area contributed by atoms with Crippen LogP contribution < -0.4 is 20.1 Å². The standard InChI is InChI=1S/C19H23ClN2O3/c1-12(14-5-7-15(20)8-6-14)21-19(23)22-13(2)17-10-9-16(24-3)11-18(17)25-4/h5-13H,1-4H3,(H2,21,22,23). The van der Waals surface area contributed by atoms with E-state index >= 15 is 0 Å². The van der Waals surface area contributed by atoms with Crippen molar-refractivity contribution in [3.63, 3.8) is 0 Å². The SMILES string of the molecule is COc1ccc(C(C)NC(=O)NC(C)c2ccc(Cl)cc2)c(OC)c1. The Labute approximate surface area is 153 Å². The van der Waals surface area contributed by atoms with Crippen LogP contribution >= 0.6 is 11.6 Å². The van der Waals surface area contributed by atoms with Gasteiger partial charge in [-0.15, -0.1) is 0 Å². The Kier molecular flexibility index (Phi) is 6.53. The number of nitrogens with one attached hydrogen (secondary N) is 2. The zero-order chi connectivity index (χ0) is 18.4. The summed E-state index contributed by atoms with van der Waals surface area (Å²) >= 11 is 5.89. The second kappa shape index (κ2) is 8.62. The number of ether oxygens (including phenoxy) is 2. The van der Waals surface area contributed by atoms with Crippen LogP contribution in [0.15, 0.2) is 42.5 Å². The van der Waals surface area contributed by atoms with E-state index in [1.54, 1.807) is 32.4 Å². The molecule has 2 aromatic carbocycles. The number of halogens is 1. The van der Waals surface area contributed by atoms with Crippen LogP contribution in [0.1, 0.15) is 37.1 Å². The fourth-order valence-corrected chi connectivity index (χ4v) is 2.65. The largest absolute Gasteiger partial charge is 0.497 e. The molecule has 134 valence electrons. The van der Waals surface area contributed by atoms with Crippen LogP contribution in [-0.4, -0.2) is 20.3 Å². The van der Waals surface area contributed by atoms with E-state index in [1.165, 1.54) is 0 Å². The highest BCUT2D eigenvalue weighted by Gasteiger charge is 2.16. The highest BCUT2D eigenvalue weighted by atomic mass is 35.5. The van der Waals surface area contributed by atoms with Gasteiger partial charge >= 0.3 is 6.03 Å². The Morgan fingerprint density at radius 3 is 2.20 bits per heavy atom. The molecule has 0 radical (unpaired) electrons. The number of rotatable bonds is 6. The van der Waals surface area contributed by atoms with E-state index in [2.05, 4.69) is 10.6 Å². The lowest BCUT2D eigenvalue weighted by Gasteiger charge is -2.20. The summed E-state index contributed by atoms with van der Waals surface area (Å²) in [5.41, 5.74) is 1.85. The van der Waals surface area contributed by atoms with E-state index in [0.29, 0.717) is 16.5 Å². The molecule has 0 aliphatic carbocycles. The van der Waals surface area contributed by atoms with Crippen molar-refractivity contribution in [1.29, 1.82) is 0 Å². The third-order valence-corrected chi connectivity index (χ3v) is 4.22. The molecule has 2 N–H and O–H groups in total. The first-order valence-corrected chi connectivity index (χ1v) is 8.36. The van der Waals surface area contributed by atoms with Crippen molar-refractivity contribution in [2.45, 2.75) is 25.9 Å². The van der Waals surface area contributed by atoms with Crippen molar-refractivity contribution >= 4 is 17.6 Å². The first-order chi connectivity index (χ1) is 11.9. The number of methoxy groups -OCH3 is 2. The Bertz CT molecular complexity index is 719. The van der Waals surface area contributed by atoms with Crippen molar-refractivity contribution in [3.05, 3.63) is 58.6 Å². The van der Waals surface area contributed by atoms with Gasteiger partial charge in [0.2, 0.25) is 0 Å². The number of carbonyl (C=O) groups excluding carboxylic acids is 1. The maximum Gasteiger partial charge on any atom is 0.315 e. The number of carbonyl (C=O) groups is 1. The van der Waals surface area contributed by atoms with Crippen LogP contribution in [0.5, 0.6) is 11.5 Å². The molecule has 6 heteroatoms. The molecule has 2 atom stereocenters. The molecular weight excluding hydrogens is 340 g/mol. The fraction of sp³-hybridized carbons (Fsp3) is 0.316. The molecule has 0 aliphatic heterocycles. The topological polar surface area (TPSA) is 59.6 Å². The molecule has 0 aliphatic rings. The quantitative estimate of drug-likeness (QED) is 0.796. The van der Waals surface area contributed by atoms with E-state index in [9.17, 15) is 4.79 Å². The Balaban J connectivity index is 2.01. The summed E-state index contributed by atoms with van der Waals surface area (Å²) in [5, 5.41) is 6.51. The molecular formula is C19H23ClN2O3. The fourth-order valence-electron chi connectivity index (χ4n) is 2.52. The van der Waals surface area contributed by atoms with E-state index < -0.39 is 0 Å². The molecule has 2 aromatic rings. The van der Waals surface area contributed by atoms with Crippen LogP contribution in [-0.2, 0) is 0 Å². The summed E-state index contributed by atoms with van der Waals surface area (Å²) in [5.74, 6) is 1.37. The lowest BCUT2D eigenvalue weighted by atomic mass is 10.1. The van der Waals surface area contributed by atoms with Gasteiger partial charge in [-0.1, -0.05) is 23.7 Å². The molecule has 2 rings (SSSR count). The van der Waals surface area contributed by atoms with Crippen LogP contribution in [0.25, 0.3) is 0 Å². The first kappa shape index (κ1) is 18.9. The van der Waals surface area contributed by atoms with Crippen molar-refractivity contribution < 1.29 is 14.3 Å². The molecule has 0 heterocycles. The zero-order valence-corrected chi connectivity index (χ0v) is 15.6. The van der Waals surface area contributed by atoms with Gasteiger partial charge in [0, 0.05) is 16.7 Å². The summed E-state index contributed by atoms with van der Waals surface area (Å²) in [6, 6.07) is 12.3. The predicted molar refractivity (Wildman–Crippen MR) is 99.5 cm³/mol. The van der Waals surface area contributed by atoms with Crippen LogP contribution in [0.4, 0.5) is 4.79 Å².